The summed E-state index contributed by atoms with van der Waals surface area (Å²) in [5.74, 6) is 0. The van der Waals surface area contributed by atoms with Crippen LogP contribution in [0.4, 0.5) is 15.8 Å². The lowest BCUT2D eigenvalue weighted by Crippen LogP contribution is -2.26. The monoisotopic (exact) mass is 341 g/mol. The van der Waals surface area contributed by atoms with Gasteiger partial charge in [-0.15, -0.1) is 0 Å². The molecule has 0 fully saturated rings. The molecule has 0 aliphatic heterocycles. The molecule has 0 aliphatic rings. The molecule has 122 valence electrons. The SMILES string of the molecule is O=S(=O)(c1ccc(CF)cc1)N(c1ccccc1)c1ccccc1. The Morgan fingerprint density at radius 1 is 0.708 bits per heavy atom. The standard InChI is InChI=1S/C19H16FNO2S/c20-15-16-11-13-19(14-12-16)24(22,23)21(17-7-3-1-4-8-17)18-9-5-2-6-10-18/h1-14H,15H2. The van der Waals surface area contributed by atoms with Gasteiger partial charge in [0.15, 0.2) is 0 Å². The maximum atomic E-state index is 13.2. The van der Waals surface area contributed by atoms with Crippen LogP contribution >= 0.6 is 0 Å². The summed E-state index contributed by atoms with van der Waals surface area (Å²) in [6.07, 6.45) is 0. The summed E-state index contributed by atoms with van der Waals surface area (Å²) in [5, 5.41) is 0. The van der Waals surface area contributed by atoms with Gasteiger partial charge in [-0.05, 0) is 42.0 Å². The minimum atomic E-state index is -3.82. The molecule has 24 heavy (non-hydrogen) atoms. The number of anilines is 2. The van der Waals surface area contributed by atoms with Crippen molar-refractivity contribution < 1.29 is 12.8 Å². The zero-order valence-corrected chi connectivity index (χ0v) is 13.7. The maximum absolute atomic E-state index is 13.2. The van der Waals surface area contributed by atoms with Gasteiger partial charge in [0.2, 0.25) is 0 Å². The van der Waals surface area contributed by atoms with Crippen LogP contribution in [0.1, 0.15) is 5.56 Å². The van der Waals surface area contributed by atoms with Gasteiger partial charge in [0.25, 0.3) is 10.0 Å². The number of hydrogen-bond donors (Lipinski definition) is 0. The number of nitrogens with zero attached hydrogens (tertiary/aromatic N) is 1. The second kappa shape index (κ2) is 6.84. The molecule has 0 amide bonds. The molecule has 0 N–H and O–H groups in total. The van der Waals surface area contributed by atoms with Gasteiger partial charge < -0.3 is 0 Å². The smallest absolute Gasteiger partial charge is 0.246 e. The van der Waals surface area contributed by atoms with Crippen molar-refractivity contribution in [2.45, 2.75) is 11.6 Å². The van der Waals surface area contributed by atoms with Crippen molar-refractivity contribution in [1.82, 2.24) is 0 Å². The van der Waals surface area contributed by atoms with Crippen LogP contribution in [-0.4, -0.2) is 8.42 Å². The first kappa shape index (κ1) is 16.2. The number of halogens is 1. The Morgan fingerprint density at radius 3 is 1.58 bits per heavy atom. The fourth-order valence-electron chi connectivity index (χ4n) is 2.41. The zero-order valence-electron chi connectivity index (χ0n) is 12.8. The Labute approximate surface area is 141 Å². The highest BCUT2D eigenvalue weighted by molar-refractivity contribution is 7.93. The summed E-state index contributed by atoms with van der Waals surface area (Å²) in [6, 6.07) is 23.6. The lowest BCUT2D eigenvalue weighted by atomic mass is 10.2. The first-order valence-corrected chi connectivity index (χ1v) is 8.87. The Bertz CT molecular complexity index is 856. The van der Waals surface area contributed by atoms with E-state index < -0.39 is 16.7 Å². The molecular weight excluding hydrogens is 325 g/mol. The zero-order chi connectivity index (χ0) is 17.0. The van der Waals surface area contributed by atoms with E-state index >= 15 is 0 Å². The molecule has 0 heterocycles. The third kappa shape index (κ3) is 3.16. The summed E-state index contributed by atoms with van der Waals surface area (Å²) in [5.41, 5.74) is 1.52. The van der Waals surface area contributed by atoms with Gasteiger partial charge in [-0.1, -0.05) is 48.5 Å². The van der Waals surface area contributed by atoms with E-state index in [-0.39, 0.29) is 4.90 Å². The topological polar surface area (TPSA) is 37.4 Å². The van der Waals surface area contributed by atoms with E-state index in [1.807, 2.05) is 12.1 Å². The molecule has 0 saturated heterocycles. The lowest BCUT2D eigenvalue weighted by molar-refractivity contribution is 0.485. The molecule has 0 unspecified atom stereocenters. The summed E-state index contributed by atoms with van der Waals surface area (Å²) in [4.78, 5) is 0.118. The molecular formula is C19H16FNO2S. The first-order chi connectivity index (χ1) is 11.6. The second-order valence-electron chi connectivity index (χ2n) is 5.22. The molecule has 5 heteroatoms. The van der Waals surface area contributed by atoms with Gasteiger partial charge in [-0.2, -0.15) is 0 Å². The first-order valence-electron chi connectivity index (χ1n) is 7.43. The van der Waals surface area contributed by atoms with Crippen molar-refractivity contribution in [3.63, 3.8) is 0 Å². The van der Waals surface area contributed by atoms with Crippen LogP contribution in [0.15, 0.2) is 89.8 Å². The van der Waals surface area contributed by atoms with Gasteiger partial charge in [-0.3, -0.25) is 0 Å². The highest BCUT2D eigenvalue weighted by Crippen LogP contribution is 2.32. The maximum Gasteiger partial charge on any atom is 0.268 e. The van der Waals surface area contributed by atoms with Gasteiger partial charge in [-0.25, -0.2) is 17.1 Å². The number of alkyl halides is 1. The Morgan fingerprint density at radius 2 is 1.17 bits per heavy atom. The van der Waals surface area contributed by atoms with E-state index in [1.54, 1.807) is 48.5 Å². The molecule has 0 radical (unpaired) electrons. The van der Waals surface area contributed by atoms with Crippen molar-refractivity contribution in [2.24, 2.45) is 0 Å². The molecule has 0 aromatic heterocycles. The molecule has 3 aromatic carbocycles. The summed E-state index contributed by atoms with van der Waals surface area (Å²) >= 11 is 0. The summed E-state index contributed by atoms with van der Waals surface area (Å²) < 4.78 is 40.3. The molecule has 0 bridgehead atoms. The number of hydrogen-bond acceptors (Lipinski definition) is 2. The Balaban J connectivity index is 2.14. The quantitative estimate of drug-likeness (QED) is 0.675. The molecule has 0 aliphatic carbocycles. The summed E-state index contributed by atoms with van der Waals surface area (Å²) in [6.45, 7) is -0.624. The Kier molecular flexibility index (Phi) is 4.62. The fraction of sp³-hybridized carbons (Fsp3) is 0.0526. The highest BCUT2D eigenvalue weighted by atomic mass is 32.2. The van der Waals surface area contributed by atoms with Crippen LogP contribution in [0.25, 0.3) is 0 Å². The molecule has 3 nitrogen and oxygen atoms in total. The highest BCUT2D eigenvalue weighted by Gasteiger charge is 2.26. The van der Waals surface area contributed by atoms with Gasteiger partial charge in [0.05, 0.1) is 16.3 Å². The van der Waals surface area contributed by atoms with Crippen molar-refractivity contribution in [3.8, 4) is 0 Å². The van der Waals surface area contributed by atoms with Gasteiger partial charge >= 0.3 is 0 Å². The van der Waals surface area contributed by atoms with Gasteiger partial charge in [0.1, 0.15) is 6.67 Å². The van der Waals surface area contributed by atoms with Crippen LogP contribution in [-0.2, 0) is 16.7 Å². The molecule has 3 aromatic rings. The fourth-order valence-corrected chi connectivity index (χ4v) is 3.90. The van der Waals surface area contributed by atoms with Crippen LogP contribution in [0.3, 0.4) is 0 Å². The van der Waals surface area contributed by atoms with Gasteiger partial charge in [0, 0.05) is 0 Å². The average molecular weight is 341 g/mol. The van der Waals surface area contributed by atoms with E-state index in [1.165, 1.54) is 28.6 Å². The van der Waals surface area contributed by atoms with E-state index in [9.17, 15) is 12.8 Å². The van der Waals surface area contributed by atoms with Crippen LogP contribution < -0.4 is 4.31 Å². The van der Waals surface area contributed by atoms with Crippen molar-refractivity contribution >= 4 is 21.4 Å². The van der Waals surface area contributed by atoms with Crippen LogP contribution in [0.2, 0.25) is 0 Å². The number of sulfonamides is 1. The normalized spacial score (nSPS) is 11.2. The van der Waals surface area contributed by atoms with Crippen LogP contribution in [0.5, 0.6) is 0 Å². The average Bonchev–Trinajstić information content (AvgIpc) is 2.63. The van der Waals surface area contributed by atoms with E-state index in [4.69, 9.17) is 0 Å². The second-order valence-corrected chi connectivity index (χ2v) is 7.00. The third-order valence-corrected chi connectivity index (χ3v) is 5.37. The molecule has 0 saturated carbocycles. The van der Waals surface area contributed by atoms with Crippen molar-refractivity contribution in [2.75, 3.05) is 4.31 Å². The molecule has 3 rings (SSSR count). The molecule has 0 spiro atoms. The van der Waals surface area contributed by atoms with Crippen molar-refractivity contribution in [1.29, 1.82) is 0 Å². The predicted octanol–water partition coefficient (Wildman–Crippen LogP) is 4.68. The number of rotatable bonds is 5. The Hall–Kier alpha value is -2.66. The van der Waals surface area contributed by atoms with Crippen molar-refractivity contribution in [3.05, 3.63) is 90.5 Å². The minimum Gasteiger partial charge on any atom is -0.246 e. The minimum absolute atomic E-state index is 0.118. The lowest BCUT2D eigenvalue weighted by Gasteiger charge is -2.24. The van der Waals surface area contributed by atoms with E-state index in [0.717, 1.165) is 0 Å². The largest absolute Gasteiger partial charge is 0.268 e. The molecule has 0 atom stereocenters. The summed E-state index contributed by atoms with van der Waals surface area (Å²) in [7, 11) is -3.82. The number of para-hydroxylation sites is 2. The number of benzene rings is 3. The van der Waals surface area contributed by atoms with Crippen LogP contribution in [0, 0.1) is 0 Å². The predicted molar refractivity (Wildman–Crippen MR) is 93.5 cm³/mol. The van der Waals surface area contributed by atoms with E-state index in [2.05, 4.69) is 0 Å². The van der Waals surface area contributed by atoms with E-state index in [0.29, 0.717) is 16.9 Å². The third-order valence-electron chi connectivity index (χ3n) is 3.60.